The lowest BCUT2D eigenvalue weighted by Gasteiger charge is -2.30. The summed E-state index contributed by atoms with van der Waals surface area (Å²) < 4.78 is 0. The highest BCUT2D eigenvalue weighted by Crippen LogP contribution is 2.31. The minimum atomic E-state index is -0.697. The van der Waals surface area contributed by atoms with Crippen molar-refractivity contribution in [2.45, 2.75) is 45.1 Å². The summed E-state index contributed by atoms with van der Waals surface area (Å²) in [4.78, 5) is 1.83. The van der Waals surface area contributed by atoms with Gasteiger partial charge in [-0.15, -0.1) is 5.10 Å². The molecule has 0 spiro atoms. The van der Waals surface area contributed by atoms with Gasteiger partial charge < -0.3 is 20.9 Å². The zero-order valence-electron chi connectivity index (χ0n) is 12.8. The molecule has 1 saturated carbocycles. The van der Waals surface area contributed by atoms with Crippen molar-refractivity contribution in [3.63, 3.8) is 0 Å². The summed E-state index contributed by atoms with van der Waals surface area (Å²) in [5, 5.41) is 30.9. The molecule has 1 fully saturated rings. The lowest BCUT2D eigenvalue weighted by atomic mass is 10.0. The number of aryl methyl sites for hydroxylation is 1. The van der Waals surface area contributed by atoms with Gasteiger partial charge in [-0.25, -0.2) is 0 Å². The maximum Gasteiger partial charge on any atom is 0.174 e. The van der Waals surface area contributed by atoms with Gasteiger partial charge in [0, 0.05) is 13.6 Å². The molecular weight excluding hydrogens is 270 g/mol. The smallest absolute Gasteiger partial charge is 0.174 e. The quantitative estimate of drug-likeness (QED) is 0.330. The Balaban J connectivity index is 2.36. The number of hydrogen-bond donors (Lipinski definition) is 3. The molecule has 0 saturated heterocycles. The molecular formula is C14H23N5O2. The molecule has 4 N–H and O–H groups in total. The average Bonchev–Trinajstić information content (AvgIpc) is 2.87. The van der Waals surface area contributed by atoms with E-state index in [0.717, 1.165) is 36.9 Å². The molecule has 21 heavy (non-hydrogen) atoms. The second kappa shape index (κ2) is 5.85. The molecule has 0 amide bonds. The molecule has 116 valence electrons. The van der Waals surface area contributed by atoms with E-state index in [2.05, 4.69) is 15.4 Å². The van der Waals surface area contributed by atoms with E-state index in [-0.39, 0.29) is 5.84 Å². The Bertz CT molecular complexity index is 553. The van der Waals surface area contributed by atoms with E-state index in [9.17, 15) is 5.11 Å². The molecule has 7 nitrogen and oxygen atoms in total. The largest absolute Gasteiger partial charge is 0.409 e. The molecule has 1 aromatic rings. The monoisotopic (exact) mass is 293 g/mol. The number of aliphatic hydroxyl groups is 1. The standard InChI is InChI=1S/C14H23N5O2/c1-9-10(2)16-17-13(11(9)12(15)18-21)19(3)8-14(20)6-4-5-7-14/h20-21H,4-8H2,1-3H3,(H2,15,18). The SMILES string of the molecule is Cc1nnc(N(C)CC2(O)CCCC2)c(C(N)=NO)c1C. The highest BCUT2D eigenvalue weighted by molar-refractivity contribution is 6.02. The highest BCUT2D eigenvalue weighted by atomic mass is 16.4. The lowest BCUT2D eigenvalue weighted by Crippen LogP contribution is -2.40. The zero-order chi connectivity index (χ0) is 15.6. The van der Waals surface area contributed by atoms with Gasteiger partial charge in [0.1, 0.15) is 0 Å². The molecule has 0 radical (unpaired) electrons. The van der Waals surface area contributed by atoms with Crippen LogP contribution in [0.2, 0.25) is 0 Å². The molecule has 0 atom stereocenters. The molecule has 1 aliphatic rings. The summed E-state index contributed by atoms with van der Waals surface area (Å²) >= 11 is 0. The van der Waals surface area contributed by atoms with E-state index >= 15 is 0 Å². The van der Waals surface area contributed by atoms with Gasteiger partial charge in [0.15, 0.2) is 11.7 Å². The Morgan fingerprint density at radius 3 is 2.52 bits per heavy atom. The fourth-order valence-electron chi connectivity index (χ4n) is 2.93. The Hall–Kier alpha value is -1.89. The van der Waals surface area contributed by atoms with Gasteiger partial charge in [-0.1, -0.05) is 18.0 Å². The van der Waals surface area contributed by atoms with Crippen molar-refractivity contribution in [3.8, 4) is 0 Å². The van der Waals surface area contributed by atoms with Crippen molar-refractivity contribution >= 4 is 11.7 Å². The maximum atomic E-state index is 10.5. The minimum Gasteiger partial charge on any atom is -0.409 e. The van der Waals surface area contributed by atoms with Crippen LogP contribution in [-0.2, 0) is 0 Å². The predicted octanol–water partition coefficient (Wildman–Crippen LogP) is 0.929. The van der Waals surface area contributed by atoms with Crippen molar-refractivity contribution in [3.05, 3.63) is 16.8 Å². The maximum absolute atomic E-state index is 10.5. The van der Waals surface area contributed by atoms with Crippen LogP contribution in [0.25, 0.3) is 0 Å². The first-order valence-electron chi connectivity index (χ1n) is 7.13. The van der Waals surface area contributed by atoms with Crippen molar-refractivity contribution in [2.24, 2.45) is 10.9 Å². The predicted molar refractivity (Wildman–Crippen MR) is 80.7 cm³/mol. The summed E-state index contributed by atoms with van der Waals surface area (Å²) in [6, 6.07) is 0. The van der Waals surface area contributed by atoms with Gasteiger partial charge in [0.2, 0.25) is 0 Å². The Kier molecular flexibility index (Phi) is 4.32. The summed E-state index contributed by atoms with van der Waals surface area (Å²) in [7, 11) is 1.84. The first-order chi connectivity index (χ1) is 9.88. The second-order valence-corrected chi connectivity index (χ2v) is 5.88. The average molecular weight is 293 g/mol. The summed E-state index contributed by atoms with van der Waals surface area (Å²) in [5.74, 6) is 0.527. The number of oxime groups is 1. The Morgan fingerprint density at radius 2 is 1.95 bits per heavy atom. The van der Waals surface area contributed by atoms with Gasteiger partial charge in [-0.3, -0.25) is 0 Å². The third-order valence-corrected chi connectivity index (χ3v) is 4.23. The van der Waals surface area contributed by atoms with Crippen LogP contribution in [0, 0.1) is 13.8 Å². The van der Waals surface area contributed by atoms with Crippen LogP contribution in [-0.4, -0.2) is 45.5 Å². The number of nitrogens with two attached hydrogens (primary N) is 1. The number of nitrogens with zero attached hydrogens (tertiary/aromatic N) is 4. The van der Waals surface area contributed by atoms with Gasteiger partial charge in [-0.2, -0.15) is 5.10 Å². The molecule has 0 unspecified atom stereocenters. The van der Waals surface area contributed by atoms with Crippen LogP contribution >= 0.6 is 0 Å². The summed E-state index contributed by atoms with van der Waals surface area (Å²) in [6.07, 6.45) is 3.65. The Morgan fingerprint density at radius 1 is 1.33 bits per heavy atom. The van der Waals surface area contributed by atoms with Crippen molar-refractivity contribution in [2.75, 3.05) is 18.5 Å². The number of aromatic nitrogens is 2. The van der Waals surface area contributed by atoms with Crippen LogP contribution in [0.1, 0.15) is 42.5 Å². The van der Waals surface area contributed by atoms with E-state index in [4.69, 9.17) is 10.9 Å². The van der Waals surface area contributed by atoms with Crippen LogP contribution in [0.4, 0.5) is 5.82 Å². The van der Waals surface area contributed by atoms with Gasteiger partial charge in [-0.05, 0) is 32.3 Å². The van der Waals surface area contributed by atoms with Gasteiger partial charge in [0.05, 0.1) is 16.9 Å². The molecule has 1 heterocycles. The number of hydrogen-bond acceptors (Lipinski definition) is 6. The van der Waals surface area contributed by atoms with E-state index in [1.807, 2.05) is 25.8 Å². The lowest BCUT2D eigenvalue weighted by molar-refractivity contribution is 0.0557. The second-order valence-electron chi connectivity index (χ2n) is 5.88. The van der Waals surface area contributed by atoms with E-state index in [1.54, 1.807) is 0 Å². The fraction of sp³-hybridized carbons (Fsp3) is 0.643. The minimum absolute atomic E-state index is 0.00533. The summed E-state index contributed by atoms with van der Waals surface area (Å²) in [6.45, 7) is 4.14. The molecule has 0 aliphatic heterocycles. The number of rotatable bonds is 4. The molecule has 1 aliphatic carbocycles. The van der Waals surface area contributed by atoms with Crippen LogP contribution in [0.3, 0.4) is 0 Å². The third kappa shape index (κ3) is 3.07. The topological polar surface area (TPSA) is 108 Å². The molecule has 2 rings (SSSR count). The Labute approximate surface area is 124 Å². The van der Waals surface area contributed by atoms with E-state index < -0.39 is 5.60 Å². The number of anilines is 1. The van der Waals surface area contributed by atoms with Crippen molar-refractivity contribution < 1.29 is 10.3 Å². The van der Waals surface area contributed by atoms with Crippen LogP contribution in [0.5, 0.6) is 0 Å². The van der Waals surface area contributed by atoms with Crippen molar-refractivity contribution in [1.82, 2.24) is 10.2 Å². The normalized spacial score (nSPS) is 18.0. The van der Waals surface area contributed by atoms with Gasteiger partial charge in [0.25, 0.3) is 0 Å². The van der Waals surface area contributed by atoms with E-state index in [0.29, 0.717) is 17.9 Å². The highest BCUT2D eigenvalue weighted by Gasteiger charge is 2.33. The zero-order valence-corrected chi connectivity index (χ0v) is 12.8. The fourth-order valence-corrected chi connectivity index (χ4v) is 2.93. The third-order valence-electron chi connectivity index (χ3n) is 4.23. The first kappa shape index (κ1) is 15.5. The number of amidine groups is 1. The molecule has 0 aromatic carbocycles. The van der Waals surface area contributed by atoms with Crippen LogP contribution < -0.4 is 10.6 Å². The van der Waals surface area contributed by atoms with E-state index in [1.165, 1.54) is 0 Å². The molecule has 7 heteroatoms. The van der Waals surface area contributed by atoms with Crippen LogP contribution in [0.15, 0.2) is 5.16 Å². The summed E-state index contributed by atoms with van der Waals surface area (Å²) in [5.41, 5.74) is 7.20. The molecule has 0 bridgehead atoms. The first-order valence-corrected chi connectivity index (χ1v) is 7.13. The van der Waals surface area contributed by atoms with Gasteiger partial charge >= 0.3 is 0 Å². The van der Waals surface area contributed by atoms with Crippen molar-refractivity contribution in [1.29, 1.82) is 0 Å². The molecule has 1 aromatic heterocycles. The number of likely N-dealkylation sites (N-methyl/N-ethyl adjacent to an activating group) is 1.